The van der Waals surface area contributed by atoms with E-state index in [1.165, 1.54) is 18.2 Å². The summed E-state index contributed by atoms with van der Waals surface area (Å²) in [6.07, 6.45) is 3.79. The van der Waals surface area contributed by atoms with Crippen LogP contribution in [-0.4, -0.2) is 22.8 Å². The Bertz CT molecular complexity index is 1540. The molecule has 3 aromatic heterocycles. The SMILES string of the molecule is Cc1ccc(-c2cn3ccccc3n2)cc1NS(=O)(=O)c1ccc2oc(=O)[nH]c2c1. The number of oxazole rings is 1. The van der Waals surface area contributed by atoms with Crippen LogP contribution in [-0.2, 0) is 10.0 Å². The molecule has 0 amide bonds. The Morgan fingerprint density at radius 1 is 1.10 bits per heavy atom. The van der Waals surface area contributed by atoms with Gasteiger partial charge < -0.3 is 8.82 Å². The van der Waals surface area contributed by atoms with Crippen molar-refractivity contribution in [1.29, 1.82) is 0 Å². The maximum Gasteiger partial charge on any atom is 0.417 e. The normalized spacial score (nSPS) is 11.9. The number of nitrogens with zero attached hydrogens (tertiary/aromatic N) is 2. The second-order valence-electron chi connectivity index (χ2n) is 6.90. The van der Waals surface area contributed by atoms with Gasteiger partial charge in [-0.15, -0.1) is 0 Å². The number of nitrogens with one attached hydrogen (secondary N) is 2. The van der Waals surface area contributed by atoms with Gasteiger partial charge in [-0.3, -0.25) is 9.71 Å². The number of imidazole rings is 1. The lowest BCUT2D eigenvalue weighted by Gasteiger charge is -2.12. The van der Waals surface area contributed by atoms with E-state index in [0.717, 1.165) is 22.5 Å². The molecule has 0 aliphatic carbocycles. The highest BCUT2D eigenvalue weighted by Gasteiger charge is 2.18. The van der Waals surface area contributed by atoms with Gasteiger partial charge in [-0.1, -0.05) is 18.2 Å². The average molecular weight is 420 g/mol. The van der Waals surface area contributed by atoms with Crippen molar-refractivity contribution in [2.75, 3.05) is 4.72 Å². The number of H-pyrrole nitrogens is 1. The van der Waals surface area contributed by atoms with Crippen LogP contribution in [0.2, 0.25) is 0 Å². The zero-order chi connectivity index (χ0) is 20.9. The Hall–Kier alpha value is -3.85. The van der Waals surface area contributed by atoms with Crippen LogP contribution in [0.5, 0.6) is 0 Å². The van der Waals surface area contributed by atoms with Gasteiger partial charge in [0.05, 0.1) is 21.8 Å². The summed E-state index contributed by atoms with van der Waals surface area (Å²) in [5, 5.41) is 0. The van der Waals surface area contributed by atoms with Crippen LogP contribution >= 0.6 is 0 Å². The molecule has 2 aromatic carbocycles. The fourth-order valence-electron chi connectivity index (χ4n) is 3.27. The molecule has 30 heavy (non-hydrogen) atoms. The summed E-state index contributed by atoms with van der Waals surface area (Å²) in [6, 6.07) is 15.4. The Kier molecular flexibility index (Phi) is 4.00. The van der Waals surface area contributed by atoms with Crippen molar-refractivity contribution >= 4 is 32.5 Å². The van der Waals surface area contributed by atoms with Gasteiger partial charge in [0.25, 0.3) is 10.0 Å². The van der Waals surface area contributed by atoms with Crippen LogP contribution in [0.25, 0.3) is 28.0 Å². The van der Waals surface area contributed by atoms with E-state index in [1.807, 2.05) is 54.0 Å². The number of anilines is 1. The number of hydrogen-bond acceptors (Lipinski definition) is 5. The van der Waals surface area contributed by atoms with E-state index in [2.05, 4.69) is 14.7 Å². The molecule has 5 aromatic rings. The Morgan fingerprint density at radius 3 is 2.80 bits per heavy atom. The van der Waals surface area contributed by atoms with Gasteiger partial charge in [0.1, 0.15) is 5.65 Å². The van der Waals surface area contributed by atoms with E-state index in [-0.39, 0.29) is 4.90 Å². The Morgan fingerprint density at radius 2 is 1.97 bits per heavy atom. The summed E-state index contributed by atoms with van der Waals surface area (Å²) in [6.45, 7) is 1.82. The molecule has 0 fully saturated rings. The molecule has 0 atom stereocenters. The fourth-order valence-corrected chi connectivity index (χ4v) is 4.41. The molecule has 0 bridgehead atoms. The van der Waals surface area contributed by atoms with Gasteiger partial charge in [0, 0.05) is 18.0 Å². The van der Waals surface area contributed by atoms with E-state index in [0.29, 0.717) is 16.8 Å². The van der Waals surface area contributed by atoms with Crippen molar-refractivity contribution in [3.8, 4) is 11.3 Å². The molecular weight excluding hydrogens is 404 g/mol. The molecule has 5 rings (SSSR count). The standard InChI is InChI=1S/C21H16N4O4S/c1-13-5-6-14(18-12-25-9-3-2-4-20(25)22-18)10-16(13)24-30(27,28)15-7-8-19-17(11-15)23-21(26)29-19/h2-12,24H,1H3,(H,23,26). The molecular formula is C21H16N4O4S. The number of hydrogen-bond donors (Lipinski definition) is 2. The molecule has 0 unspecified atom stereocenters. The minimum atomic E-state index is -3.88. The summed E-state index contributed by atoms with van der Waals surface area (Å²) in [5.74, 6) is -0.636. The van der Waals surface area contributed by atoms with Crippen LogP contribution in [0, 0.1) is 6.92 Å². The maximum atomic E-state index is 12.9. The lowest BCUT2D eigenvalue weighted by molar-refractivity contribution is 0.555. The highest BCUT2D eigenvalue weighted by molar-refractivity contribution is 7.92. The first-order valence-electron chi connectivity index (χ1n) is 9.09. The van der Waals surface area contributed by atoms with Crippen molar-refractivity contribution in [3.05, 3.63) is 83.1 Å². The molecule has 0 radical (unpaired) electrons. The fraction of sp³-hybridized carbons (Fsp3) is 0.0476. The molecule has 0 aliphatic heterocycles. The smallest absolute Gasteiger partial charge is 0.408 e. The molecule has 9 heteroatoms. The topological polar surface area (TPSA) is 109 Å². The molecule has 0 saturated carbocycles. The van der Waals surface area contributed by atoms with Gasteiger partial charge in [-0.25, -0.2) is 18.2 Å². The minimum absolute atomic E-state index is 0.0181. The van der Waals surface area contributed by atoms with Crippen molar-refractivity contribution in [2.24, 2.45) is 0 Å². The van der Waals surface area contributed by atoms with Crippen molar-refractivity contribution in [1.82, 2.24) is 14.4 Å². The van der Waals surface area contributed by atoms with E-state index >= 15 is 0 Å². The largest absolute Gasteiger partial charge is 0.417 e. The number of aromatic amines is 1. The molecule has 8 nitrogen and oxygen atoms in total. The first kappa shape index (κ1) is 18.2. The summed E-state index contributed by atoms with van der Waals surface area (Å²) in [4.78, 5) is 18.4. The van der Waals surface area contributed by atoms with Gasteiger partial charge in [-0.05, 0) is 48.9 Å². The third kappa shape index (κ3) is 3.15. The number of aryl methyl sites for hydroxylation is 1. The second kappa shape index (κ2) is 6.60. The van der Waals surface area contributed by atoms with Gasteiger partial charge in [-0.2, -0.15) is 0 Å². The average Bonchev–Trinajstić information content (AvgIpc) is 3.31. The molecule has 0 saturated heterocycles. The predicted molar refractivity (Wildman–Crippen MR) is 113 cm³/mol. The summed E-state index contributed by atoms with van der Waals surface area (Å²) in [5.41, 5.74) is 4.16. The lowest BCUT2D eigenvalue weighted by Crippen LogP contribution is -2.13. The monoisotopic (exact) mass is 420 g/mol. The molecule has 150 valence electrons. The number of benzene rings is 2. The van der Waals surface area contributed by atoms with Gasteiger partial charge in [0.15, 0.2) is 5.58 Å². The Labute approximate surface area is 170 Å². The lowest BCUT2D eigenvalue weighted by atomic mass is 10.1. The van der Waals surface area contributed by atoms with Crippen LogP contribution in [0.3, 0.4) is 0 Å². The number of rotatable bonds is 4. The first-order chi connectivity index (χ1) is 14.4. The summed E-state index contributed by atoms with van der Waals surface area (Å²) < 4.78 is 35.3. The molecule has 3 heterocycles. The third-order valence-corrected chi connectivity index (χ3v) is 6.21. The predicted octanol–water partition coefficient (Wildman–Crippen LogP) is 3.55. The van der Waals surface area contributed by atoms with Crippen molar-refractivity contribution in [3.63, 3.8) is 0 Å². The van der Waals surface area contributed by atoms with E-state index < -0.39 is 15.8 Å². The van der Waals surface area contributed by atoms with E-state index in [9.17, 15) is 13.2 Å². The highest BCUT2D eigenvalue weighted by atomic mass is 32.2. The molecule has 2 N–H and O–H groups in total. The first-order valence-corrected chi connectivity index (χ1v) is 10.6. The molecule has 0 aliphatic rings. The summed E-state index contributed by atoms with van der Waals surface area (Å²) in [7, 11) is -3.88. The zero-order valence-electron chi connectivity index (χ0n) is 15.8. The van der Waals surface area contributed by atoms with Crippen LogP contribution in [0.4, 0.5) is 5.69 Å². The molecule has 0 spiro atoms. The third-order valence-electron chi connectivity index (χ3n) is 4.84. The number of fused-ring (bicyclic) bond motifs is 2. The van der Waals surface area contributed by atoms with Crippen LogP contribution < -0.4 is 10.5 Å². The van der Waals surface area contributed by atoms with Gasteiger partial charge in [0.2, 0.25) is 0 Å². The second-order valence-corrected chi connectivity index (χ2v) is 8.58. The van der Waals surface area contributed by atoms with Crippen molar-refractivity contribution in [2.45, 2.75) is 11.8 Å². The van der Waals surface area contributed by atoms with E-state index in [4.69, 9.17) is 4.42 Å². The van der Waals surface area contributed by atoms with E-state index in [1.54, 1.807) is 6.07 Å². The van der Waals surface area contributed by atoms with Crippen LogP contribution in [0.15, 0.2) is 81.1 Å². The van der Waals surface area contributed by atoms with Crippen LogP contribution in [0.1, 0.15) is 5.56 Å². The maximum absolute atomic E-state index is 12.9. The Balaban J connectivity index is 1.52. The number of pyridine rings is 1. The van der Waals surface area contributed by atoms with Crippen molar-refractivity contribution < 1.29 is 12.8 Å². The zero-order valence-corrected chi connectivity index (χ0v) is 16.6. The van der Waals surface area contributed by atoms with Gasteiger partial charge >= 0.3 is 5.76 Å². The minimum Gasteiger partial charge on any atom is -0.408 e. The highest BCUT2D eigenvalue weighted by Crippen LogP contribution is 2.27. The number of aromatic nitrogens is 3. The quantitative estimate of drug-likeness (QED) is 0.462. The summed E-state index contributed by atoms with van der Waals surface area (Å²) >= 11 is 0. The number of sulfonamides is 1.